The molecule has 0 heterocycles. The highest BCUT2D eigenvalue weighted by Crippen LogP contribution is 2.28. The molecule has 1 saturated carbocycles. The second kappa shape index (κ2) is 6.83. The molecule has 0 radical (unpaired) electrons. The molecule has 0 aliphatic heterocycles. The van der Waals surface area contributed by atoms with Crippen LogP contribution in [0, 0.1) is 11.8 Å². The molecule has 0 aromatic carbocycles. The fourth-order valence-corrected chi connectivity index (χ4v) is 1.65. The molecule has 0 atom stereocenters. The molecule has 2 N–H and O–H groups in total. The molecule has 0 unspecified atom stereocenters. The third-order valence-corrected chi connectivity index (χ3v) is 3.14. The summed E-state index contributed by atoms with van der Waals surface area (Å²) in [5.74, 6) is 1.37. The predicted octanol–water partition coefficient (Wildman–Crippen LogP) is 1.54. The van der Waals surface area contributed by atoms with Gasteiger partial charge in [-0.15, -0.1) is 0 Å². The van der Waals surface area contributed by atoms with Crippen LogP contribution in [-0.4, -0.2) is 25.5 Å². The van der Waals surface area contributed by atoms with Gasteiger partial charge < -0.3 is 10.6 Å². The molecule has 3 heteroatoms. The van der Waals surface area contributed by atoms with E-state index in [1.54, 1.807) is 0 Å². The van der Waals surface area contributed by atoms with Gasteiger partial charge in [-0.2, -0.15) is 0 Å². The van der Waals surface area contributed by atoms with Crippen molar-refractivity contribution in [1.29, 1.82) is 0 Å². The van der Waals surface area contributed by atoms with Gasteiger partial charge in [-0.25, -0.2) is 0 Å². The Morgan fingerprint density at radius 1 is 1.27 bits per heavy atom. The quantitative estimate of drug-likeness (QED) is 0.599. The number of rotatable bonds is 8. The Bertz CT molecular complexity index is 186. The van der Waals surface area contributed by atoms with Crippen molar-refractivity contribution in [1.82, 2.24) is 10.6 Å². The fraction of sp³-hybridized carbons (Fsp3) is 0.917. The average Bonchev–Trinajstić information content (AvgIpc) is 3.06. The summed E-state index contributed by atoms with van der Waals surface area (Å²) in [7, 11) is 0. The van der Waals surface area contributed by atoms with Gasteiger partial charge >= 0.3 is 0 Å². The molecule has 0 aromatic heterocycles. The summed E-state index contributed by atoms with van der Waals surface area (Å²) < 4.78 is 0. The molecule has 3 nitrogen and oxygen atoms in total. The summed E-state index contributed by atoms with van der Waals surface area (Å²) >= 11 is 0. The van der Waals surface area contributed by atoms with Crippen molar-refractivity contribution < 1.29 is 4.79 Å². The third kappa shape index (κ3) is 5.17. The van der Waals surface area contributed by atoms with Crippen molar-refractivity contribution >= 4 is 5.91 Å². The van der Waals surface area contributed by atoms with Gasteiger partial charge in [0.15, 0.2) is 0 Å². The maximum atomic E-state index is 11.3. The van der Waals surface area contributed by atoms with E-state index in [0.29, 0.717) is 5.92 Å². The lowest BCUT2D eigenvalue weighted by Crippen LogP contribution is -2.34. The zero-order chi connectivity index (χ0) is 11.1. The number of amides is 1. The van der Waals surface area contributed by atoms with Crippen molar-refractivity contribution in [2.75, 3.05) is 19.6 Å². The van der Waals surface area contributed by atoms with E-state index in [1.807, 2.05) is 0 Å². The third-order valence-electron chi connectivity index (χ3n) is 3.14. The van der Waals surface area contributed by atoms with Crippen LogP contribution in [0.2, 0.25) is 0 Å². The number of carbonyl (C=O) groups excluding carboxylic acids is 1. The Kier molecular flexibility index (Phi) is 5.69. The predicted molar refractivity (Wildman–Crippen MR) is 62.7 cm³/mol. The van der Waals surface area contributed by atoms with Gasteiger partial charge in [-0.3, -0.25) is 4.79 Å². The fourth-order valence-electron chi connectivity index (χ4n) is 1.65. The normalized spacial score (nSPS) is 15.7. The molecular formula is C12H24N2O. The van der Waals surface area contributed by atoms with Crippen LogP contribution in [0.15, 0.2) is 0 Å². The number of carbonyl (C=O) groups is 1. The van der Waals surface area contributed by atoms with E-state index < -0.39 is 0 Å². The van der Waals surface area contributed by atoms with Crippen LogP contribution in [0.1, 0.15) is 39.5 Å². The van der Waals surface area contributed by atoms with Crippen molar-refractivity contribution in [3.63, 3.8) is 0 Å². The monoisotopic (exact) mass is 212 g/mol. The molecule has 0 spiro atoms. The molecule has 1 fully saturated rings. The Balaban J connectivity index is 1.89. The van der Waals surface area contributed by atoms with Gasteiger partial charge in [0, 0.05) is 19.0 Å². The summed E-state index contributed by atoms with van der Waals surface area (Å²) in [6, 6.07) is 0. The van der Waals surface area contributed by atoms with Crippen molar-refractivity contribution in [3.8, 4) is 0 Å². The van der Waals surface area contributed by atoms with E-state index in [1.165, 1.54) is 12.8 Å². The highest BCUT2D eigenvalue weighted by Gasteiger charge is 2.28. The molecular weight excluding hydrogens is 188 g/mol. The minimum absolute atomic E-state index is 0.249. The molecule has 0 aromatic rings. The number of nitrogens with one attached hydrogen (secondary N) is 2. The molecule has 88 valence electrons. The Morgan fingerprint density at radius 2 is 1.93 bits per heavy atom. The maximum absolute atomic E-state index is 11.3. The van der Waals surface area contributed by atoms with Gasteiger partial charge in [-0.1, -0.05) is 26.7 Å². The van der Waals surface area contributed by atoms with Gasteiger partial charge in [0.2, 0.25) is 5.91 Å². The summed E-state index contributed by atoms with van der Waals surface area (Å²) in [4.78, 5) is 11.3. The second-order valence-corrected chi connectivity index (χ2v) is 4.45. The van der Waals surface area contributed by atoms with Crippen molar-refractivity contribution in [3.05, 3.63) is 0 Å². The largest absolute Gasteiger partial charge is 0.355 e. The van der Waals surface area contributed by atoms with Crippen LogP contribution in [0.25, 0.3) is 0 Å². The standard InChI is InChI=1S/C12H24N2O/c1-3-10(4-2)9-13-7-8-14-12(15)11-5-6-11/h10-11,13H,3-9H2,1-2H3,(H,14,15). The Hall–Kier alpha value is -0.570. The van der Waals surface area contributed by atoms with E-state index in [-0.39, 0.29) is 5.91 Å². The van der Waals surface area contributed by atoms with Crippen LogP contribution in [0.3, 0.4) is 0 Å². The van der Waals surface area contributed by atoms with E-state index in [0.717, 1.165) is 38.4 Å². The van der Waals surface area contributed by atoms with E-state index in [2.05, 4.69) is 24.5 Å². The van der Waals surface area contributed by atoms with Crippen LogP contribution in [-0.2, 0) is 4.79 Å². The van der Waals surface area contributed by atoms with Crippen LogP contribution in [0.5, 0.6) is 0 Å². The molecule has 1 rings (SSSR count). The van der Waals surface area contributed by atoms with E-state index in [4.69, 9.17) is 0 Å². The zero-order valence-corrected chi connectivity index (χ0v) is 10.0. The molecule has 1 amide bonds. The highest BCUT2D eigenvalue weighted by atomic mass is 16.2. The molecule has 0 saturated heterocycles. The lowest BCUT2D eigenvalue weighted by atomic mass is 10.0. The average molecular weight is 212 g/mol. The first-order valence-electron chi connectivity index (χ1n) is 6.26. The topological polar surface area (TPSA) is 41.1 Å². The first kappa shape index (κ1) is 12.5. The SMILES string of the molecule is CCC(CC)CNCCNC(=O)C1CC1. The van der Waals surface area contributed by atoms with E-state index >= 15 is 0 Å². The van der Waals surface area contributed by atoms with Gasteiger partial charge in [0.25, 0.3) is 0 Å². The summed E-state index contributed by atoms with van der Waals surface area (Å²) in [6.45, 7) is 7.20. The summed E-state index contributed by atoms with van der Waals surface area (Å²) in [5, 5.41) is 6.34. The van der Waals surface area contributed by atoms with Gasteiger partial charge in [0.05, 0.1) is 0 Å². The highest BCUT2D eigenvalue weighted by molar-refractivity contribution is 5.80. The lowest BCUT2D eigenvalue weighted by Gasteiger charge is -2.13. The smallest absolute Gasteiger partial charge is 0.223 e. The van der Waals surface area contributed by atoms with Crippen LogP contribution in [0.4, 0.5) is 0 Å². The Morgan fingerprint density at radius 3 is 2.47 bits per heavy atom. The summed E-state index contributed by atoms with van der Waals surface area (Å²) in [5.41, 5.74) is 0. The molecule has 1 aliphatic rings. The van der Waals surface area contributed by atoms with Crippen molar-refractivity contribution in [2.45, 2.75) is 39.5 Å². The number of hydrogen-bond donors (Lipinski definition) is 2. The lowest BCUT2D eigenvalue weighted by molar-refractivity contribution is -0.122. The minimum Gasteiger partial charge on any atom is -0.355 e. The zero-order valence-electron chi connectivity index (χ0n) is 10.0. The first-order chi connectivity index (χ1) is 7.27. The van der Waals surface area contributed by atoms with Crippen molar-refractivity contribution in [2.24, 2.45) is 11.8 Å². The molecule has 15 heavy (non-hydrogen) atoms. The van der Waals surface area contributed by atoms with E-state index in [9.17, 15) is 4.79 Å². The Labute approximate surface area is 93.0 Å². The maximum Gasteiger partial charge on any atom is 0.223 e. The first-order valence-corrected chi connectivity index (χ1v) is 6.26. The molecule has 0 bridgehead atoms. The second-order valence-electron chi connectivity index (χ2n) is 4.45. The minimum atomic E-state index is 0.249. The molecule has 1 aliphatic carbocycles. The van der Waals surface area contributed by atoms with Crippen LogP contribution < -0.4 is 10.6 Å². The van der Waals surface area contributed by atoms with Crippen LogP contribution >= 0.6 is 0 Å². The number of hydrogen-bond acceptors (Lipinski definition) is 2. The summed E-state index contributed by atoms with van der Waals surface area (Å²) in [6.07, 6.45) is 4.65. The van der Waals surface area contributed by atoms with Gasteiger partial charge in [-0.05, 0) is 25.3 Å². The van der Waals surface area contributed by atoms with Gasteiger partial charge in [0.1, 0.15) is 0 Å².